The normalized spacial score (nSPS) is 18.9. The lowest BCUT2D eigenvalue weighted by molar-refractivity contribution is -0.0283. The molecule has 1 aliphatic heterocycles. The Morgan fingerprint density at radius 1 is 1.30 bits per heavy atom. The minimum absolute atomic E-state index is 0.196. The fourth-order valence-electron chi connectivity index (χ4n) is 3.01. The standard InChI is InChI=1S/C18H29N3OS/c1-13(2)11-21-5-6-22-17(12-21)10-19-18(23)20-16-8-14(3)7-15(4)9-16/h7-9,13,17H,5-6,10-12H2,1-4H3,(H2,19,20,23)/t17-/m0/s1. The van der Waals surface area contributed by atoms with E-state index in [9.17, 15) is 0 Å². The van der Waals surface area contributed by atoms with E-state index in [-0.39, 0.29) is 6.10 Å². The van der Waals surface area contributed by atoms with Crippen molar-refractivity contribution in [2.75, 3.05) is 38.1 Å². The molecule has 1 saturated heterocycles. The van der Waals surface area contributed by atoms with Crippen molar-refractivity contribution < 1.29 is 4.74 Å². The van der Waals surface area contributed by atoms with E-state index in [4.69, 9.17) is 17.0 Å². The minimum Gasteiger partial charge on any atom is -0.374 e. The summed E-state index contributed by atoms with van der Waals surface area (Å²) in [6.45, 7) is 13.4. The van der Waals surface area contributed by atoms with E-state index in [1.807, 2.05) is 0 Å². The van der Waals surface area contributed by atoms with Crippen LogP contribution in [-0.4, -0.2) is 48.9 Å². The fourth-order valence-corrected chi connectivity index (χ4v) is 3.22. The number of morpholine rings is 1. The lowest BCUT2D eigenvalue weighted by Gasteiger charge is -2.34. The summed E-state index contributed by atoms with van der Waals surface area (Å²) < 4.78 is 5.84. The van der Waals surface area contributed by atoms with Crippen molar-refractivity contribution in [3.05, 3.63) is 29.3 Å². The summed E-state index contributed by atoms with van der Waals surface area (Å²) in [7, 11) is 0. The number of benzene rings is 1. The maximum absolute atomic E-state index is 5.84. The Balaban J connectivity index is 1.77. The molecule has 0 amide bonds. The Morgan fingerprint density at radius 3 is 2.65 bits per heavy atom. The van der Waals surface area contributed by atoms with Crippen LogP contribution >= 0.6 is 12.2 Å². The Morgan fingerprint density at radius 2 is 2.00 bits per heavy atom. The first kappa shape index (κ1) is 18.2. The van der Waals surface area contributed by atoms with Gasteiger partial charge in [0.05, 0.1) is 12.7 Å². The van der Waals surface area contributed by atoms with E-state index in [0.717, 1.165) is 38.5 Å². The minimum atomic E-state index is 0.196. The highest BCUT2D eigenvalue weighted by Gasteiger charge is 2.20. The number of aryl methyl sites for hydroxylation is 2. The summed E-state index contributed by atoms with van der Waals surface area (Å²) in [5.74, 6) is 0.689. The van der Waals surface area contributed by atoms with Gasteiger partial charge in [0.15, 0.2) is 5.11 Å². The number of nitrogens with one attached hydrogen (secondary N) is 2. The van der Waals surface area contributed by atoms with Gasteiger partial charge in [-0.05, 0) is 55.2 Å². The van der Waals surface area contributed by atoms with Crippen LogP contribution in [0.4, 0.5) is 5.69 Å². The van der Waals surface area contributed by atoms with Gasteiger partial charge in [-0.2, -0.15) is 0 Å². The van der Waals surface area contributed by atoms with Crippen molar-refractivity contribution in [2.24, 2.45) is 5.92 Å². The maximum Gasteiger partial charge on any atom is 0.170 e. The highest BCUT2D eigenvalue weighted by Crippen LogP contribution is 2.13. The number of thiocarbonyl (C=S) groups is 1. The van der Waals surface area contributed by atoms with E-state index in [2.05, 4.69) is 61.4 Å². The van der Waals surface area contributed by atoms with Crippen LogP contribution in [0.5, 0.6) is 0 Å². The zero-order valence-electron chi connectivity index (χ0n) is 14.7. The van der Waals surface area contributed by atoms with Gasteiger partial charge in [-0.15, -0.1) is 0 Å². The molecule has 0 aliphatic carbocycles. The molecule has 1 fully saturated rings. The summed E-state index contributed by atoms with van der Waals surface area (Å²) >= 11 is 5.40. The number of hydrogen-bond acceptors (Lipinski definition) is 3. The van der Waals surface area contributed by atoms with Crippen molar-refractivity contribution in [2.45, 2.75) is 33.8 Å². The molecule has 1 aliphatic rings. The van der Waals surface area contributed by atoms with Gasteiger partial charge in [0.25, 0.3) is 0 Å². The second-order valence-electron chi connectivity index (χ2n) is 6.86. The van der Waals surface area contributed by atoms with Gasteiger partial charge in [-0.25, -0.2) is 0 Å². The monoisotopic (exact) mass is 335 g/mol. The molecule has 1 atom stereocenters. The number of ether oxygens (including phenoxy) is 1. The smallest absolute Gasteiger partial charge is 0.170 e. The highest BCUT2D eigenvalue weighted by molar-refractivity contribution is 7.80. The predicted octanol–water partition coefficient (Wildman–Crippen LogP) is 2.95. The fraction of sp³-hybridized carbons (Fsp3) is 0.611. The lowest BCUT2D eigenvalue weighted by Crippen LogP contribution is -2.48. The highest BCUT2D eigenvalue weighted by atomic mass is 32.1. The number of nitrogens with zero attached hydrogens (tertiary/aromatic N) is 1. The zero-order chi connectivity index (χ0) is 16.8. The molecule has 0 unspecified atom stereocenters. The van der Waals surface area contributed by atoms with E-state index < -0.39 is 0 Å². The van der Waals surface area contributed by atoms with Crippen molar-refractivity contribution in [1.82, 2.24) is 10.2 Å². The van der Waals surface area contributed by atoms with E-state index in [0.29, 0.717) is 11.0 Å². The molecule has 0 saturated carbocycles. The second-order valence-corrected chi connectivity index (χ2v) is 7.27. The predicted molar refractivity (Wildman–Crippen MR) is 101 cm³/mol. The Labute approximate surface area is 145 Å². The van der Waals surface area contributed by atoms with Gasteiger partial charge >= 0.3 is 0 Å². The van der Waals surface area contributed by atoms with Gasteiger partial charge in [0.2, 0.25) is 0 Å². The van der Waals surface area contributed by atoms with Gasteiger partial charge in [0, 0.05) is 31.9 Å². The zero-order valence-corrected chi connectivity index (χ0v) is 15.5. The van der Waals surface area contributed by atoms with Gasteiger partial charge in [0.1, 0.15) is 0 Å². The summed E-state index contributed by atoms with van der Waals surface area (Å²) in [6, 6.07) is 6.35. The number of anilines is 1. The molecule has 1 aromatic carbocycles. The molecule has 0 spiro atoms. The molecule has 128 valence electrons. The molecule has 0 aromatic heterocycles. The van der Waals surface area contributed by atoms with Gasteiger partial charge < -0.3 is 15.4 Å². The Hall–Kier alpha value is -1.17. The van der Waals surface area contributed by atoms with Crippen molar-refractivity contribution in [3.8, 4) is 0 Å². The van der Waals surface area contributed by atoms with Crippen LogP contribution in [0, 0.1) is 19.8 Å². The molecule has 2 rings (SSSR count). The average molecular weight is 336 g/mol. The van der Waals surface area contributed by atoms with Crippen molar-refractivity contribution in [3.63, 3.8) is 0 Å². The third-order valence-electron chi connectivity index (χ3n) is 3.82. The topological polar surface area (TPSA) is 36.5 Å². The molecule has 2 N–H and O–H groups in total. The first-order valence-electron chi connectivity index (χ1n) is 8.39. The van der Waals surface area contributed by atoms with E-state index >= 15 is 0 Å². The SMILES string of the molecule is Cc1cc(C)cc(NC(=S)NC[C@H]2CN(CC(C)C)CCO2)c1. The van der Waals surface area contributed by atoms with Crippen LogP contribution < -0.4 is 10.6 Å². The first-order chi connectivity index (χ1) is 10.9. The summed E-state index contributed by atoms with van der Waals surface area (Å²) in [5.41, 5.74) is 3.50. The largest absolute Gasteiger partial charge is 0.374 e. The Kier molecular flexibility index (Phi) is 6.81. The number of rotatable bonds is 5. The molecule has 0 radical (unpaired) electrons. The molecule has 4 nitrogen and oxygen atoms in total. The van der Waals surface area contributed by atoms with E-state index in [1.165, 1.54) is 11.1 Å². The summed E-state index contributed by atoms with van der Waals surface area (Å²) in [4.78, 5) is 2.47. The molecule has 0 bridgehead atoms. The molecular formula is C18H29N3OS. The van der Waals surface area contributed by atoms with Crippen LogP contribution in [0.3, 0.4) is 0 Å². The number of hydrogen-bond donors (Lipinski definition) is 2. The van der Waals surface area contributed by atoms with Crippen LogP contribution in [0.25, 0.3) is 0 Å². The molecule has 23 heavy (non-hydrogen) atoms. The van der Waals surface area contributed by atoms with E-state index in [1.54, 1.807) is 0 Å². The second kappa shape index (κ2) is 8.62. The Bertz CT molecular complexity index is 513. The van der Waals surface area contributed by atoms with Gasteiger partial charge in [-0.3, -0.25) is 4.90 Å². The maximum atomic E-state index is 5.84. The van der Waals surface area contributed by atoms with Crippen LogP contribution in [-0.2, 0) is 4.74 Å². The van der Waals surface area contributed by atoms with Crippen molar-refractivity contribution in [1.29, 1.82) is 0 Å². The van der Waals surface area contributed by atoms with Crippen LogP contribution in [0.2, 0.25) is 0 Å². The summed E-state index contributed by atoms with van der Waals surface area (Å²) in [5, 5.41) is 7.19. The van der Waals surface area contributed by atoms with Gasteiger partial charge in [-0.1, -0.05) is 19.9 Å². The first-order valence-corrected chi connectivity index (χ1v) is 8.80. The van der Waals surface area contributed by atoms with Crippen LogP contribution in [0.15, 0.2) is 18.2 Å². The van der Waals surface area contributed by atoms with Crippen molar-refractivity contribution >= 4 is 23.0 Å². The van der Waals surface area contributed by atoms with Crippen LogP contribution in [0.1, 0.15) is 25.0 Å². The lowest BCUT2D eigenvalue weighted by atomic mass is 10.1. The molecule has 1 heterocycles. The molecule has 5 heteroatoms. The molecular weight excluding hydrogens is 306 g/mol. The quantitative estimate of drug-likeness (QED) is 0.809. The third kappa shape index (κ3) is 6.45. The third-order valence-corrected chi connectivity index (χ3v) is 4.06. The average Bonchev–Trinajstić information content (AvgIpc) is 2.43. The summed E-state index contributed by atoms with van der Waals surface area (Å²) in [6.07, 6.45) is 0.196. The molecule has 1 aromatic rings.